The quantitative estimate of drug-likeness (QED) is 0.245. The lowest BCUT2D eigenvalue weighted by Crippen LogP contribution is -2.53. The first kappa shape index (κ1) is 34.0. The molecule has 0 aliphatic heterocycles. The molecule has 1 aliphatic rings. The van der Waals surface area contributed by atoms with Gasteiger partial charge < -0.3 is 10.6 Å². The fourth-order valence-electron chi connectivity index (χ4n) is 3.39. The highest BCUT2D eigenvalue weighted by Gasteiger charge is 2.43. The zero-order valence-corrected chi connectivity index (χ0v) is 24.1. The molecule has 2 aromatic rings. The van der Waals surface area contributed by atoms with Gasteiger partial charge in [-0.15, -0.1) is 0 Å². The molecule has 226 valence electrons. The highest BCUT2D eigenvalue weighted by atomic mass is 32.2. The summed E-state index contributed by atoms with van der Waals surface area (Å²) in [6.45, 7) is 3.18. The molecule has 3 N–H and O–H groups in total. The third kappa shape index (κ3) is 10.6. The average molecular weight is 622 g/mol. The third-order valence-corrected chi connectivity index (χ3v) is 8.14. The minimum absolute atomic E-state index is 0.0669. The Morgan fingerprint density at radius 1 is 1.05 bits per heavy atom. The second-order valence-electron chi connectivity index (χ2n) is 8.89. The Morgan fingerprint density at radius 3 is 2.20 bits per heavy atom. The zero-order valence-electron chi connectivity index (χ0n) is 22.5. The minimum atomic E-state index is -4.98. The molecule has 0 saturated heterocycles. The molecule has 3 unspecified atom stereocenters. The second kappa shape index (κ2) is 14.6. The van der Waals surface area contributed by atoms with Crippen molar-refractivity contribution >= 4 is 38.2 Å². The molecule has 1 saturated carbocycles. The van der Waals surface area contributed by atoms with Crippen LogP contribution < -0.4 is 16.0 Å². The van der Waals surface area contributed by atoms with Gasteiger partial charge in [0.25, 0.3) is 5.91 Å². The standard InChI is InChI=1S/C24H25F4N3O6S2.C2H6/c1-39(36,37)18-4-2-3-17(11-18)38(35)13-19(22(33)29-12-20(32)23(34)30-16-9-10-16)31-21(24(26,27)28)14-5-7-15(25)8-6-14;1-2/h2-8,11,16,19,21,31H,9-10,12-13H2,1H3,(H,29,33)(H,30,34);1-2H3. The first-order valence-electron chi connectivity index (χ1n) is 12.5. The number of alkyl halides is 3. The second-order valence-corrected chi connectivity index (χ2v) is 12.4. The summed E-state index contributed by atoms with van der Waals surface area (Å²) in [5.41, 5.74) is -0.438. The van der Waals surface area contributed by atoms with Crippen molar-refractivity contribution < 1.29 is 44.6 Å². The van der Waals surface area contributed by atoms with Crippen LogP contribution in [0.5, 0.6) is 0 Å². The minimum Gasteiger partial charge on any atom is -0.347 e. The SMILES string of the molecule is CC.CS(=O)(=O)c1cccc(S(=O)CC(NC(c2ccc(F)cc2)C(F)(F)F)C(=O)NCC(=O)C(=O)NC2CC2)c1. The van der Waals surface area contributed by atoms with Crippen LogP contribution in [0.2, 0.25) is 0 Å². The van der Waals surface area contributed by atoms with Crippen molar-refractivity contribution in [3.05, 3.63) is 59.9 Å². The number of benzene rings is 2. The molecular formula is C26H31F4N3O6S2. The molecule has 0 radical (unpaired) electrons. The van der Waals surface area contributed by atoms with E-state index in [0.29, 0.717) is 12.8 Å². The maximum absolute atomic E-state index is 14.0. The first-order valence-corrected chi connectivity index (χ1v) is 15.7. The van der Waals surface area contributed by atoms with Gasteiger partial charge in [-0.3, -0.25) is 23.9 Å². The molecule has 9 nitrogen and oxygen atoms in total. The highest BCUT2D eigenvalue weighted by molar-refractivity contribution is 7.90. The van der Waals surface area contributed by atoms with Crippen molar-refractivity contribution in [2.75, 3.05) is 18.6 Å². The van der Waals surface area contributed by atoms with Gasteiger partial charge in [0, 0.05) is 17.2 Å². The van der Waals surface area contributed by atoms with Gasteiger partial charge in [-0.05, 0) is 48.7 Å². The number of rotatable bonds is 12. The lowest BCUT2D eigenvalue weighted by Gasteiger charge is -2.27. The molecule has 2 amide bonds. The Kier molecular flexibility index (Phi) is 12.2. The molecule has 1 fully saturated rings. The van der Waals surface area contributed by atoms with Crippen molar-refractivity contribution in [2.24, 2.45) is 0 Å². The summed E-state index contributed by atoms with van der Waals surface area (Å²) in [5, 5.41) is 6.61. The van der Waals surface area contributed by atoms with E-state index in [1.165, 1.54) is 18.2 Å². The topological polar surface area (TPSA) is 139 Å². The van der Waals surface area contributed by atoms with Crippen molar-refractivity contribution in [1.29, 1.82) is 0 Å². The van der Waals surface area contributed by atoms with Crippen LogP contribution in [0.25, 0.3) is 0 Å². The lowest BCUT2D eigenvalue weighted by molar-refractivity contribution is -0.160. The van der Waals surface area contributed by atoms with Crippen LogP contribution in [-0.2, 0) is 35.0 Å². The smallest absolute Gasteiger partial charge is 0.347 e. The first-order chi connectivity index (χ1) is 19.1. The summed E-state index contributed by atoms with van der Waals surface area (Å²) >= 11 is 0. The normalized spacial score (nSPS) is 15.5. The van der Waals surface area contributed by atoms with E-state index < -0.39 is 80.2 Å². The van der Waals surface area contributed by atoms with E-state index in [0.717, 1.165) is 36.6 Å². The van der Waals surface area contributed by atoms with Crippen LogP contribution in [0.3, 0.4) is 0 Å². The van der Waals surface area contributed by atoms with Crippen LogP contribution in [0.15, 0.2) is 58.3 Å². The predicted octanol–water partition coefficient (Wildman–Crippen LogP) is 2.59. The Labute approximate surface area is 237 Å². The number of nitrogens with one attached hydrogen (secondary N) is 3. The molecule has 3 atom stereocenters. The number of carbonyl (C=O) groups is 3. The van der Waals surface area contributed by atoms with Gasteiger partial charge in [-0.25, -0.2) is 12.8 Å². The van der Waals surface area contributed by atoms with E-state index >= 15 is 0 Å². The van der Waals surface area contributed by atoms with Gasteiger partial charge in [0.15, 0.2) is 9.84 Å². The van der Waals surface area contributed by atoms with E-state index in [1.54, 1.807) is 0 Å². The molecule has 2 aromatic carbocycles. The number of hydrogen-bond acceptors (Lipinski definition) is 7. The number of ketones is 1. The van der Waals surface area contributed by atoms with Gasteiger partial charge in [0.2, 0.25) is 11.7 Å². The lowest BCUT2D eigenvalue weighted by atomic mass is 10.1. The van der Waals surface area contributed by atoms with E-state index in [2.05, 4.69) is 16.0 Å². The van der Waals surface area contributed by atoms with Crippen LogP contribution in [0.1, 0.15) is 38.3 Å². The van der Waals surface area contributed by atoms with Crippen LogP contribution in [0, 0.1) is 5.82 Å². The van der Waals surface area contributed by atoms with E-state index in [-0.39, 0.29) is 15.8 Å². The summed E-state index contributed by atoms with van der Waals surface area (Å²) in [7, 11) is -5.88. The van der Waals surface area contributed by atoms with Gasteiger partial charge in [0.05, 0.1) is 34.0 Å². The van der Waals surface area contributed by atoms with E-state index in [9.17, 15) is 44.6 Å². The molecule has 41 heavy (non-hydrogen) atoms. The number of hydrogen-bond donors (Lipinski definition) is 3. The van der Waals surface area contributed by atoms with Gasteiger partial charge in [0.1, 0.15) is 11.9 Å². The fourth-order valence-corrected chi connectivity index (χ4v) is 5.37. The number of carbonyl (C=O) groups excluding carboxylic acids is 3. The van der Waals surface area contributed by atoms with Crippen LogP contribution in [0.4, 0.5) is 17.6 Å². The van der Waals surface area contributed by atoms with Crippen molar-refractivity contribution in [3.8, 4) is 0 Å². The van der Waals surface area contributed by atoms with Crippen molar-refractivity contribution in [2.45, 2.75) is 60.8 Å². The molecule has 0 spiro atoms. The van der Waals surface area contributed by atoms with E-state index in [1.807, 2.05) is 13.8 Å². The number of Topliss-reactive ketones (excluding diaryl/α,β-unsaturated/α-hetero) is 1. The molecular weight excluding hydrogens is 590 g/mol. The van der Waals surface area contributed by atoms with Crippen molar-refractivity contribution in [3.63, 3.8) is 0 Å². The maximum atomic E-state index is 14.0. The third-order valence-electron chi connectivity index (χ3n) is 5.62. The number of halogens is 4. The van der Waals surface area contributed by atoms with Gasteiger partial charge >= 0.3 is 6.18 Å². The zero-order chi connectivity index (χ0) is 31.0. The highest BCUT2D eigenvalue weighted by Crippen LogP contribution is 2.33. The van der Waals surface area contributed by atoms with E-state index in [4.69, 9.17) is 0 Å². The monoisotopic (exact) mass is 621 g/mol. The molecule has 1 aliphatic carbocycles. The van der Waals surface area contributed by atoms with Crippen LogP contribution in [-0.4, -0.2) is 67.0 Å². The summed E-state index contributed by atoms with van der Waals surface area (Å²) in [6, 6.07) is 3.77. The van der Waals surface area contributed by atoms with Gasteiger partial charge in [-0.1, -0.05) is 32.0 Å². The van der Waals surface area contributed by atoms with Crippen LogP contribution >= 0.6 is 0 Å². The summed E-state index contributed by atoms with van der Waals surface area (Å²) < 4.78 is 92.1. The number of amides is 2. The Balaban J connectivity index is 0.00000287. The van der Waals surface area contributed by atoms with Crippen molar-refractivity contribution in [1.82, 2.24) is 16.0 Å². The number of sulfone groups is 1. The Hall–Kier alpha value is -3.17. The summed E-state index contributed by atoms with van der Waals surface area (Å²) in [5.74, 6) is -4.69. The summed E-state index contributed by atoms with van der Waals surface area (Å²) in [4.78, 5) is 36.6. The Bertz CT molecular complexity index is 1360. The summed E-state index contributed by atoms with van der Waals surface area (Å²) in [6.07, 6.45) is -2.66. The van der Waals surface area contributed by atoms with Gasteiger partial charge in [-0.2, -0.15) is 13.2 Å². The molecule has 0 bridgehead atoms. The largest absolute Gasteiger partial charge is 0.407 e. The maximum Gasteiger partial charge on any atom is 0.407 e. The fraction of sp³-hybridized carbons (Fsp3) is 0.423. The molecule has 3 rings (SSSR count). The molecule has 15 heteroatoms. The Morgan fingerprint density at radius 2 is 1.66 bits per heavy atom. The molecule has 0 aromatic heterocycles. The average Bonchev–Trinajstić information content (AvgIpc) is 3.74. The molecule has 0 heterocycles. The predicted molar refractivity (Wildman–Crippen MR) is 143 cm³/mol.